The molecule has 0 saturated carbocycles. The second-order valence-corrected chi connectivity index (χ2v) is 4.45. The fraction of sp³-hybridized carbons (Fsp3) is 0.400. The first-order valence-electron chi connectivity index (χ1n) is 6.69. The minimum absolute atomic E-state index is 0.489. The third kappa shape index (κ3) is 3.83. The highest BCUT2D eigenvalue weighted by molar-refractivity contribution is 5.20. The van der Waals surface area contributed by atoms with Crippen LogP contribution in [0.1, 0.15) is 31.6 Å². The molecule has 19 heavy (non-hydrogen) atoms. The lowest BCUT2D eigenvalue weighted by Crippen LogP contribution is -2.11. The fourth-order valence-electron chi connectivity index (χ4n) is 1.98. The van der Waals surface area contributed by atoms with Crippen molar-refractivity contribution in [1.82, 2.24) is 9.78 Å². The minimum Gasteiger partial charge on any atom is -0.493 e. The van der Waals surface area contributed by atoms with Gasteiger partial charge in [-0.2, -0.15) is 5.10 Å². The zero-order valence-electron chi connectivity index (χ0n) is 11.2. The van der Waals surface area contributed by atoms with Crippen molar-refractivity contribution in [3.8, 4) is 5.75 Å². The van der Waals surface area contributed by atoms with Crippen LogP contribution in [0.3, 0.4) is 0 Å². The maximum atomic E-state index is 10.2. The Labute approximate surface area is 113 Å². The van der Waals surface area contributed by atoms with E-state index in [1.807, 2.05) is 41.1 Å². The van der Waals surface area contributed by atoms with Gasteiger partial charge in [0.05, 0.1) is 18.4 Å². The van der Waals surface area contributed by atoms with Gasteiger partial charge in [-0.3, -0.25) is 4.68 Å². The molecule has 0 aliphatic rings. The number of aromatic nitrogens is 2. The largest absolute Gasteiger partial charge is 0.493 e. The highest BCUT2D eigenvalue weighted by atomic mass is 16.5. The standard InChI is InChI=1S/C15H20N2O2/c1-2-11-17-14(8-10-16-17)15(18)9-12-19-13-6-4-3-5-7-13/h3-8,10,15,18H,2,9,11-12H2,1H3. The third-order valence-electron chi connectivity index (χ3n) is 2.93. The van der Waals surface area contributed by atoms with Crippen molar-refractivity contribution in [3.05, 3.63) is 48.3 Å². The van der Waals surface area contributed by atoms with Crippen LogP contribution in [0.15, 0.2) is 42.6 Å². The van der Waals surface area contributed by atoms with Crippen molar-refractivity contribution in [2.75, 3.05) is 6.61 Å². The van der Waals surface area contributed by atoms with E-state index < -0.39 is 6.10 Å². The Kier molecular flexibility index (Phi) is 4.98. The number of hydrogen-bond donors (Lipinski definition) is 1. The summed E-state index contributed by atoms with van der Waals surface area (Å²) in [7, 11) is 0. The monoisotopic (exact) mass is 260 g/mol. The number of rotatable bonds is 7. The van der Waals surface area contributed by atoms with Crippen LogP contribution in [-0.4, -0.2) is 21.5 Å². The molecule has 1 aromatic carbocycles. The maximum absolute atomic E-state index is 10.2. The van der Waals surface area contributed by atoms with E-state index in [9.17, 15) is 5.11 Å². The Morgan fingerprint density at radius 1 is 1.26 bits per heavy atom. The van der Waals surface area contributed by atoms with Gasteiger partial charge in [-0.1, -0.05) is 25.1 Å². The molecule has 0 bridgehead atoms. The number of aliphatic hydroxyl groups is 1. The molecule has 1 N–H and O–H groups in total. The van der Waals surface area contributed by atoms with Gasteiger partial charge in [0, 0.05) is 19.2 Å². The molecule has 2 aromatic rings. The number of hydrogen-bond acceptors (Lipinski definition) is 3. The predicted octanol–water partition coefficient (Wildman–Crippen LogP) is 2.80. The van der Waals surface area contributed by atoms with Crippen LogP contribution < -0.4 is 4.74 Å². The van der Waals surface area contributed by atoms with Gasteiger partial charge >= 0.3 is 0 Å². The Morgan fingerprint density at radius 3 is 2.79 bits per heavy atom. The summed E-state index contributed by atoms with van der Waals surface area (Å²) in [6.45, 7) is 3.41. The number of benzene rings is 1. The van der Waals surface area contributed by atoms with E-state index in [-0.39, 0.29) is 0 Å². The van der Waals surface area contributed by atoms with Crippen molar-refractivity contribution >= 4 is 0 Å². The summed E-state index contributed by atoms with van der Waals surface area (Å²) >= 11 is 0. The predicted molar refractivity (Wildman–Crippen MR) is 74.0 cm³/mol. The van der Waals surface area contributed by atoms with Gasteiger partial charge in [0.15, 0.2) is 0 Å². The molecule has 1 atom stereocenters. The maximum Gasteiger partial charge on any atom is 0.119 e. The molecular weight excluding hydrogens is 240 g/mol. The van der Waals surface area contributed by atoms with Gasteiger partial charge in [-0.25, -0.2) is 0 Å². The van der Waals surface area contributed by atoms with Crippen molar-refractivity contribution in [2.45, 2.75) is 32.4 Å². The molecule has 4 heteroatoms. The first-order valence-corrected chi connectivity index (χ1v) is 6.69. The first-order chi connectivity index (χ1) is 9.31. The van der Waals surface area contributed by atoms with E-state index in [4.69, 9.17) is 4.74 Å². The summed E-state index contributed by atoms with van der Waals surface area (Å²) in [5.41, 5.74) is 0.860. The van der Waals surface area contributed by atoms with Crippen LogP contribution in [0, 0.1) is 0 Å². The lowest BCUT2D eigenvalue weighted by Gasteiger charge is -2.13. The third-order valence-corrected chi connectivity index (χ3v) is 2.93. The molecule has 2 rings (SSSR count). The van der Waals surface area contributed by atoms with Crippen LogP contribution in [0.25, 0.3) is 0 Å². The Morgan fingerprint density at radius 2 is 2.05 bits per heavy atom. The van der Waals surface area contributed by atoms with E-state index in [1.165, 1.54) is 0 Å². The summed E-state index contributed by atoms with van der Waals surface area (Å²) in [4.78, 5) is 0. The highest BCUT2D eigenvalue weighted by Crippen LogP contribution is 2.17. The van der Waals surface area contributed by atoms with Gasteiger partial charge in [0.1, 0.15) is 5.75 Å². The second-order valence-electron chi connectivity index (χ2n) is 4.45. The average molecular weight is 260 g/mol. The molecule has 0 spiro atoms. The molecule has 102 valence electrons. The van der Waals surface area contributed by atoms with E-state index in [1.54, 1.807) is 6.20 Å². The van der Waals surface area contributed by atoms with Crippen LogP contribution in [0.4, 0.5) is 0 Å². The zero-order valence-corrected chi connectivity index (χ0v) is 11.2. The Bertz CT molecular complexity index is 482. The molecule has 0 aliphatic heterocycles. The molecule has 1 unspecified atom stereocenters. The average Bonchev–Trinajstić information content (AvgIpc) is 2.89. The van der Waals surface area contributed by atoms with Crippen molar-refractivity contribution in [3.63, 3.8) is 0 Å². The molecule has 1 aromatic heterocycles. The summed E-state index contributed by atoms with van der Waals surface area (Å²) in [5, 5.41) is 14.4. The molecule has 0 amide bonds. The molecular formula is C15H20N2O2. The van der Waals surface area contributed by atoms with Gasteiger partial charge in [0.2, 0.25) is 0 Å². The second kappa shape index (κ2) is 6.95. The van der Waals surface area contributed by atoms with E-state index in [0.717, 1.165) is 24.4 Å². The topological polar surface area (TPSA) is 47.3 Å². The van der Waals surface area contributed by atoms with Crippen molar-refractivity contribution < 1.29 is 9.84 Å². The minimum atomic E-state index is -0.530. The van der Waals surface area contributed by atoms with Crippen LogP contribution in [0.2, 0.25) is 0 Å². The van der Waals surface area contributed by atoms with E-state index in [0.29, 0.717) is 13.0 Å². The summed E-state index contributed by atoms with van der Waals surface area (Å²) in [6, 6.07) is 11.5. The molecule has 1 heterocycles. The fourth-order valence-corrected chi connectivity index (χ4v) is 1.98. The lowest BCUT2D eigenvalue weighted by atomic mass is 10.2. The summed E-state index contributed by atoms with van der Waals surface area (Å²) in [6.07, 6.45) is 2.76. The lowest BCUT2D eigenvalue weighted by molar-refractivity contribution is 0.131. The summed E-state index contributed by atoms with van der Waals surface area (Å²) < 4.78 is 7.44. The molecule has 0 saturated heterocycles. The number of aryl methyl sites for hydroxylation is 1. The van der Waals surface area contributed by atoms with Gasteiger partial charge in [-0.15, -0.1) is 0 Å². The van der Waals surface area contributed by atoms with Gasteiger partial charge in [-0.05, 0) is 24.6 Å². The number of para-hydroxylation sites is 1. The summed E-state index contributed by atoms with van der Waals surface area (Å²) in [5.74, 6) is 0.830. The number of ether oxygens (including phenoxy) is 1. The van der Waals surface area contributed by atoms with E-state index in [2.05, 4.69) is 12.0 Å². The van der Waals surface area contributed by atoms with Crippen LogP contribution in [0.5, 0.6) is 5.75 Å². The molecule has 0 aliphatic carbocycles. The van der Waals surface area contributed by atoms with E-state index >= 15 is 0 Å². The van der Waals surface area contributed by atoms with Crippen LogP contribution >= 0.6 is 0 Å². The van der Waals surface area contributed by atoms with Gasteiger partial charge in [0.25, 0.3) is 0 Å². The quantitative estimate of drug-likeness (QED) is 0.832. The van der Waals surface area contributed by atoms with Crippen molar-refractivity contribution in [2.24, 2.45) is 0 Å². The highest BCUT2D eigenvalue weighted by Gasteiger charge is 2.12. The molecule has 4 nitrogen and oxygen atoms in total. The van der Waals surface area contributed by atoms with Crippen molar-refractivity contribution in [1.29, 1.82) is 0 Å². The molecule has 0 radical (unpaired) electrons. The zero-order chi connectivity index (χ0) is 13.5. The normalized spacial score (nSPS) is 12.3. The van der Waals surface area contributed by atoms with Crippen LogP contribution in [-0.2, 0) is 6.54 Å². The van der Waals surface area contributed by atoms with Gasteiger partial charge < -0.3 is 9.84 Å². The number of aliphatic hydroxyl groups excluding tert-OH is 1. The smallest absolute Gasteiger partial charge is 0.119 e. The Hall–Kier alpha value is -1.81. The number of nitrogens with zero attached hydrogens (tertiary/aromatic N) is 2. The SMILES string of the molecule is CCCn1nccc1C(O)CCOc1ccccc1. The molecule has 0 fully saturated rings. The Balaban J connectivity index is 1.84. The first kappa shape index (κ1) is 13.6.